The molecule has 2 aromatic rings. The van der Waals surface area contributed by atoms with Crippen molar-refractivity contribution in [2.75, 3.05) is 6.61 Å². The highest BCUT2D eigenvalue weighted by Gasteiger charge is 2.71. The van der Waals surface area contributed by atoms with E-state index in [2.05, 4.69) is 9.97 Å². The number of ketones is 1. The van der Waals surface area contributed by atoms with Gasteiger partial charge in [0.1, 0.15) is 23.5 Å². The molecule has 0 aliphatic heterocycles. The van der Waals surface area contributed by atoms with E-state index < -0.39 is 11.6 Å². The van der Waals surface area contributed by atoms with Crippen LogP contribution in [0.4, 0.5) is 8.78 Å². The van der Waals surface area contributed by atoms with Gasteiger partial charge in [-0.2, -0.15) is 5.26 Å². The molecule has 28 heavy (non-hydrogen) atoms. The number of hydrogen-bond acceptors (Lipinski definition) is 5. The Bertz CT molecular complexity index is 949. The Morgan fingerprint density at radius 2 is 2.04 bits per heavy atom. The first-order valence-electron chi connectivity index (χ1n) is 9.18. The van der Waals surface area contributed by atoms with Gasteiger partial charge in [0.2, 0.25) is 5.88 Å². The lowest BCUT2D eigenvalue weighted by molar-refractivity contribution is -0.216. The van der Waals surface area contributed by atoms with Gasteiger partial charge in [-0.25, -0.2) is 18.7 Å². The van der Waals surface area contributed by atoms with Crippen molar-refractivity contribution in [1.82, 2.24) is 9.97 Å². The molecule has 1 aromatic heterocycles. The molecule has 5 rings (SSSR count). The minimum atomic E-state index is -0.497. The molecule has 144 valence electrons. The Labute approximate surface area is 161 Å². The predicted molar refractivity (Wildman–Crippen MR) is 95.4 cm³/mol. The maximum absolute atomic E-state index is 13.9. The summed E-state index contributed by atoms with van der Waals surface area (Å²) in [6, 6.07) is 5.25. The highest BCUT2D eigenvalue weighted by molar-refractivity contribution is 5.89. The lowest BCUT2D eigenvalue weighted by atomic mass is 9.34. The number of ether oxygens (including phenoxy) is 1. The van der Waals surface area contributed by atoms with Crippen LogP contribution in [0.3, 0.4) is 0 Å². The van der Waals surface area contributed by atoms with Crippen LogP contribution >= 0.6 is 0 Å². The summed E-state index contributed by atoms with van der Waals surface area (Å²) in [5, 5.41) is 8.72. The van der Waals surface area contributed by atoms with Crippen molar-refractivity contribution in [3.8, 4) is 11.9 Å². The predicted octanol–water partition coefficient (Wildman–Crippen LogP) is 3.94. The van der Waals surface area contributed by atoms with E-state index in [4.69, 9.17) is 10.00 Å². The number of carbonyl (C=O) groups is 1. The van der Waals surface area contributed by atoms with E-state index >= 15 is 0 Å². The SMILES string of the molecule is C[C@H](CC(=O)C12CC(COc3cnc(C#N)cn3)(C1)C2)c1cc(F)ccc1F. The van der Waals surface area contributed by atoms with Gasteiger partial charge in [0.25, 0.3) is 0 Å². The Kier molecular flexibility index (Phi) is 4.37. The van der Waals surface area contributed by atoms with Crippen molar-refractivity contribution >= 4 is 5.78 Å². The van der Waals surface area contributed by atoms with Gasteiger partial charge in [-0.05, 0) is 48.9 Å². The van der Waals surface area contributed by atoms with Crippen LogP contribution in [-0.2, 0) is 4.79 Å². The van der Waals surface area contributed by atoms with Gasteiger partial charge in [0.15, 0.2) is 5.69 Å². The zero-order valence-electron chi connectivity index (χ0n) is 15.4. The number of nitriles is 1. The summed E-state index contributed by atoms with van der Waals surface area (Å²) in [7, 11) is 0. The van der Waals surface area contributed by atoms with E-state index in [0.29, 0.717) is 12.5 Å². The molecule has 0 saturated heterocycles. The maximum Gasteiger partial charge on any atom is 0.232 e. The van der Waals surface area contributed by atoms with Gasteiger partial charge in [-0.1, -0.05) is 6.92 Å². The van der Waals surface area contributed by atoms with Crippen LogP contribution in [-0.4, -0.2) is 22.4 Å². The number of hydrogen-bond donors (Lipinski definition) is 0. The first-order valence-corrected chi connectivity index (χ1v) is 9.18. The monoisotopic (exact) mass is 383 g/mol. The molecule has 0 N–H and O–H groups in total. The highest BCUT2D eigenvalue weighted by Crippen LogP contribution is 2.74. The second kappa shape index (κ2) is 6.62. The third-order valence-corrected chi connectivity index (χ3v) is 5.98. The first-order chi connectivity index (χ1) is 13.3. The van der Waals surface area contributed by atoms with Crippen LogP contribution in [0, 0.1) is 33.8 Å². The van der Waals surface area contributed by atoms with Crippen LogP contribution in [0.1, 0.15) is 49.8 Å². The van der Waals surface area contributed by atoms with Crippen LogP contribution in [0.15, 0.2) is 30.6 Å². The van der Waals surface area contributed by atoms with Crippen molar-refractivity contribution in [2.45, 2.75) is 38.5 Å². The van der Waals surface area contributed by atoms with Gasteiger partial charge >= 0.3 is 0 Å². The molecular weight excluding hydrogens is 364 g/mol. The molecule has 2 bridgehead atoms. The number of Topliss-reactive ketones (excluding diaryl/α,β-unsaturated/α-hetero) is 1. The molecule has 3 aliphatic rings. The van der Waals surface area contributed by atoms with E-state index in [9.17, 15) is 13.6 Å². The molecule has 3 aliphatic carbocycles. The number of benzene rings is 1. The summed E-state index contributed by atoms with van der Waals surface area (Å²) in [6.45, 7) is 2.21. The second-order valence-electron chi connectivity index (χ2n) is 8.15. The molecule has 1 atom stereocenters. The van der Waals surface area contributed by atoms with Gasteiger partial charge in [0.05, 0.1) is 19.0 Å². The van der Waals surface area contributed by atoms with Crippen LogP contribution < -0.4 is 4.74 Å². The van der Waals surface area contributed by atoms with Gasteiger partial charge in [-0.3, -0.25) is 4.79 Å². The summed E-state index contributed by atoms with van der Waals surface area (Å²) in [6.07, 6.45) is 5.23. The Hall–Kier alpha value is -2.88. The molecular formula is C21H19F2N3O2. The fourth-order valence-corrected chi connectivity index (χ4v) is 4.62. The highest BCUT2D eigenvalue weighted by atomic mass is 19.1. The fraction of sp³-hybridized carbons (Fsp3) is 0.429. The zero-order valence-corrected chi connectivity index (χ0v) is 15.4. The summed E-state index contributed by atoms with van der Waals surface area (Å²) < 4.78 is 33.0. The molecule has 1 heterocycles. The number of carbonyl (C=O) groups excluding carboxylic acids is 1. The zero-order chi connectivity index (χ0) is 19.9. The molecule has 0 spiro atoms. The summed E-state index contributed by atoms with van der Waals surface area (Å²) >= 11 is 0. The standard InChI is InChI=1S/C21H19F2N3O2/c1-13(16-5-14(22)2-3-17(16)23)4-18(27)21-9-20(10-21,11-21)12-28-19-8-25-15(6-24)7-26-19/h2-3,5,7-8,13H,4,9-12H2,1H3/t13-,20?,21?/m1/s1. The molecule has 3 fully saturated rings. The van der Waals surface area contributed by atoms with Crippen molar-refractivity contribution in [2.24, 2.45) is 10.8 Å². The average molecular weight is 383 g/mol. The number of rotatable bonds is 7. The van der Waals surface area contributed by atoms with Crippen molar-refractivity contribution in [1.29, 1.82) is 5.26 Å². The number of nitrogens with zero attached hydrogens (tertiary/aromatic N) is 3. The first kappa shape index (κ1) is 18.5. The smallest absolute Gasteiger partial charge is 0.232 e. The summed E-state index contributed by atoms with van der Waals surface area (Å²) in [5.41, 5.74) is 0.125. The average Bonchev–Trinajstić information content (AvgIpc) is 2.62. The summed E-state index contributed by atoms with van der Waals surface area (Å²) in [5.74, 6) is -0.864. The summed E-state index contributed by atoms with van der Waals surface area (Å²) in [4.78, 5) is 20.7. The lowest BCUT2D eigenvalue weighted by Gasteiger charge is -2.69. The Balaban J connectivity index is 1.30. The topological polar surface area (TPSA) is 75.9 Å². The van der Waals surface area contributed by atoms with Crippen molar-refractivity contribution in [3.05, 3.63) is 53.5 Å². The molecule has 7 heteroatoms. The van der Waals surface area contributed by atoms with Gasteiger partial charge in [-0.15, -0.1) is 0 Å². The molecule has 5 nitrogen and oxygen atoms in total. The molecule has 3 saturated carbocycles. The largest absolute Gasteiger partial charge is 0.476 e. The molecule has 0 unspecified atom stereocenters. The van der Waals surface area contributed by atoms with Crippen molar-refractivity contribution in [3.63, 3.8) is 0 Å². The molecule has 1 aromatic carbocycles. The van der Waals surface area contributed by atoms with Crippen LogP contribution in [0.25, 0.3) is 0 Å². The normalized spacial score (nSPS) is 25.8. The minimum Gasteiger partial charge on any atom is -0.476 e. The van der Waals surface area contributed by atoms with E-state index in [1.54, 1.807) is 6.92 Å². The maximum atomic E-state index is 13.9. The second-order valence-corrected chi connectivity index (χ2v) is 8.15. The molecule has 0 amide bonds. The van der Waals surface area contributed by atoms with E-state index in [1.807, 2.05) is 6.07 Å². The Morgan fingerprint density at radius 1 is 1.29 bits per heavy atom. The van der Waals surface area contributed by atoms with E-state index in [0.717, 1.165) is 31.4 Å². The quantitative estimate of drug-likeness (QED) is 0.724. The third kappa shape index (κ3) is 3.13. The fourth-order valence-electron chi connectivity index (χ4n) is 4.62. The van der Waals surface area contributed by atoms with Crippen LogP contribution in [0.5, 0.6) is 5.88 Å². The minimum absolute atomic E-state index is 0.0153. The van der Waals surface area contributed by atoms with Crippen LogP contribution in [0.2, 0.25) is 0 Å². The van der Waals surface area contributed by atoms with Gasteiger partial charge < -0.3 is 4.74 Å². The lowest BCUT2D eigenvalue weighted by Crippen LogP contribution is -2.67. The third-order valence-electron chi connectivity index (χ3n) is 5.98. The Morgan fingerprint density at radius 3 is 2.68 bits per heavy atom. The van der Waals surface area contributed by atoms with E-state index in [1.165, 1.54) is 18.5 Å². The van der Waals surface area contributed by atoms with Gasteiger partial charge in [0, 0.05) is 17.3 Å². The number of halogens is 2. The number of aromatic nitrogens is 2. The van der Waals surface area contributed by atoms with E-state index in [-0.39, 0.29) is 40.2 Å². The van der Waals surface area contributed by atoms with Crippen molar-refractivity contribution < 1.29 is 18.3 Å². The molecule has 0 radical (unpaired) electrons.